The summed E-state index contributed by atoms with van der Waals surface area (Å²) in [6, 6.07) is 1.77. The molecule has 22 heavy (non-hydrogen) atoms. The normalized spacial score (nSPS) is 17.8. The number of furan rings is 1. The van der Waals surface area contributed by atoms with E-state index in [9.17, 15) is 4.79 Å². The summed E-state index contributed by atoms with van der Waals surface area (Å²) in [5, 5.41) is 11.1. The fourth-order valence-electron chi connectivity index (χ4n) is 2.20. The molecule has 1 saturated heterocycles. The van der Waals surface area contributed by atoms with Gasteiger partial charge in [0.1, 0.15) is 5.76 Å². The monoisotopic (exact) mass is 323 g/mol. The Morgan fingerprint density at radius 3 is 3.14 bits per heavy atom. The molecule has 0 saturated carbocycles. The van der Waals surface area contributed by atoms with E-state index >= 15 is 0 Å². The highest BCUT2D eigenvalue weighted by Crippen LogP contribution is 2.26. The Morgan fingerprint density at radius 1 is 1.50 bits per heavy atom. The van der Waals surface area contributed by atoms with Crippen molar-refractivity contribution in [2.45, 2.75) is 31.1 Å². The van der Waals surface area contributed by atoms with Crippen molar-refractivity contribution in [3.63, 3.8) is 0 Å². The zero-order chi connectivity index (χ0) is 15.4. The molecule has 1 N–H and O–H groups in total. The number of nitrogens with one attached hydrogen (secondary N) is 1. The lowest BCUT2D eigenvalue weighted by molar-refractivity contribution is -0.119. The van der Waals surface area contributed by atoms with E-state index in [2.05, 4.69) is 15.5 Å². The van der Waals surface area contributed by atoms with Crippen LogP contribution in [0.25, 0.3) is 11.5 Å². The van der Waals surface area contributed by atoms with Crippen LogP contribution in [0.3, 0.4) is 0 Å². The SMILES string of the molecule is Cc1occc1-c1nnc(SCC(=O)NCC2CCCO2)o1. The van der Waals surface area contributed by atoms with E-state index in [0.717, 1.165) is 30.8 Å². The number of rotatable bonds is 6. The molecule has 0 aliphatic carbocycles. The van der Waals surface area contributed by atoms with E-state index in [1.165, 1.54) is 11.8 Å². The molecule has 1 amide bonds. The van der Waals surface area contributed by atoms with Crippen LogP contribution in [0.15, 0.2) is 26.4 Å². The first-order chi connectivity index (χ1) is 10.7. The summed E-state index contributed by atoms with van der Waals surface area (Å²) in [6.45, 7) is 3.17. The molecule has 1 aliphatic heterocycles. The Kier molecular flexibility index (Phi) is 4.79. The summed E-state index contributed by atoms with van der Waals surface area (Å²) in [7, 11) is 0. The van der Waals surface area contributed by atoms with Crippen molar-refractivity contribution in [2.75, 3.05) is 18.9 Å². The van der Waals surface area contributed by atoms with Gasteiger partial charge in [0, 0.05) is 13.2 Å². The first-order valence-electron chi connectivity index (χ1n) is 7.11. The van der Waals surface area contributed by atoms with E-state index in [4.69, 9.17) is 13.6 Å². The molecule has 118 valence electrons. The van der Waals surface area contributed by atoms with Crippen LogP contribution in [0, 0.1) is 6.92 Å². The second-order valence-electron chi connectivity index (χ2n) is 4.99. The summed E-state index contributed by atoms with van der Waals surface area (Å²) in [6.07, 6.45) is 3.78. The second kappa shape index (κ2) is 6.97. The van der Waals surface area contributed by atoms with Crippen molar-refractivity contribution < 1.29 is 18.4 Å². The topological polar surface area (TPSA) is 90.4 Å². The molecular formula is C14H17N3O4S. The van der Waals surface area contributed by atoms with E-state index in [1.54, 1.807) is 12.3 Å². The molecule has 0 spiro atoms. The molecule has 7 nitrogen and oxygen atoms in total. The third-order valence-corrected chi connectivity index (χ3v) is 4.19. The lowest BCUT2D eigenvalue weighted by atomic mass is 10.2. The van der Waals surface area contributed by atoms with Crippen LogP contribution in [-0.2, 0) is 9.53 Å². The van der Waals surface area contributed by atoms with E-state index in [1.807, 2.05) is 6.92 Å². The summed E-state index contributed by atoms with van der Waals surface area (Å²) in [5.41, 5.74) is 0.766. The Bertz CT molecular complexity index is 634. The van der Waals surface area contributed by atoms with Gasteiger partial charge in [-0.2, -0.15) is 0 Å². The number of hydrogen-bond donors (Lipinski definition) is 1. The molecule has 8 heteroatoms. The molecular weight excluding hydrogens is 306 g/mol. The number of hydrogen-bond acceptors (Lipinski definition) is 7. The summed E-state index contributed by atoms with van der Waals surface area (Å²) in [5.74, 6) is 1.28. The summed E-state index contributed by atoms with van der Waals surface area (Å²) in [4.78, 5) is 11.8. The average molecular weight is 323 g/mol. The standard InChI is InChI=1S/C14H17N3O4S/c1-9-11(4-6-19-9)13-16-17-14(21-13)22-8-12(18)15-7-10-3-2-5-20-10/h4,6,10H,2-3,5,7-8H2,1H3,(H,15,18). The smallest absolute Gasteiger partial charge is 0.277 e. The molecule has 1 unspecified atom stereocenters. The number of aryl methyl sites for hydroxylation is 1. The van der Waals surface area contributed by atoms with Crippen molar-refractivity contribution in [1.29, 1.82) is 0 Å². The lowest BCUT2D eigenvalue weighted by Crippen LogP contribution is -2.32. The number of nitrogens with zero attached hydrogens (tertiary/aromatic N) is 2. The average Bonchev–Trinajstić information content (AvgIpc) is 3.24. The molecule has 3 rings (SSSR count). The van der Waals surface area contributed by atoms with Crippen LogP contribution in [0.5, 0.6) is 0 Å². The van der Waals surface area contributed by atoms with E-state index < -0.39 is 0 Å². The largest absolute Gasteiger partial charge is 0.469 e. The van der Waals surface area contributed by atoms with Gasteiger partial charge in [0.05, 0.1) is 23.7 Å². The highest BCUT2D eigenvalue weighted by Gasteiger charge is 2.17. The molecule has 0 radical (unpaired) electrons. The molecule has 1 atom stereocenters. The second-order valence-corrected chi connectivity index (χ2v) is 5.92. The van der Waals surface area contributed by atoms with Gasteiger partial charge in [-0.25, -0.2) is 0 Å². The van der Waals surface area contributed by atoms with Gasteiger partial charge in [-0.05, 0) is 25.8 Å². The Labute approximate surface area is 131 Å². The minimum absolute atomic E-state index is 0.0697. The number of carbonyl (C=O) groups excluding carboxylic acids is 1. The maximum Gasteiger partial charge on any atom is 0.277 e. The van der Waals surface area contributed by atoms with Crippen molar-refractivity contribution in [3.8, 4) is 11.5 Å². The number of thioether (sulfide) groups is 1. The summed E-state index contributed by atoms with van der Waals surface area (Å²) >= 11 is 1.21. The van der Waals surface area contributed by atoms with Crippen molar-refractivity contribution in [1.82, 2.24) is 15.5 Å². The van der Waals surface area contributed by atoms with Crippen molar-refractivity contribution in [3.05, 3.63) is 18.1 Å². The number of carbonyl (C=O) groups is 1. The van der Waals surface area contributed by atoms with E-state index in [0.29, 0.717) is 17.7 Å². The highest BCUT2D eigenvalue weighted by molar-refractivity contribution is 7.99. The maximum atomic E-state index is 11.8. The predicted molar refractivity (Wildman–Crippen MR) is 79.4 cm³/mol. The van der Waals surface area contributed by atoms with Gasteiger partial charge in [-0.3, -0.25) is 4.79 Å². The molecule has 2 aromatic rings. The number of ether oxygens (including phenoxy) is 1. The minimum atomic E-state index is -0.0697. The van der Waals surface area contributed by atoms with Crippen molar-refractivity contribution >= 4 is 17.7 Å². The first kappa shape index (κ1) is 15.1. The Hall–Kier alpha value is -1.80. The minimum Gasteiger partial charge on any atom is -0.469 e. The van der Waals surface area contributed by atoms with E-state index in [-0.39, 0.29) is 17.8 Å². The number of aromatic nitrogens is 2. The zero-order valence-corrected chi connectivity index (χ0v) is 13.0. The first-order valence-corrected chi connectivity index (χ1v) is 8.10. The van der Waals surface area contributed by atoms with Gasteiger partial charge in [-0.1, -0.05) is 11.8 Å². The van der Waals surface area contributed by atoms with Crippen LogP contribution in [0.4, 0.5) is 0 Å². The predicted octanol–water partition coefficient (Wildman–Crippen LogP) is 2.03. The van der Waals surface area contributed by atoms with Gasteiger partial charge < -0.3 is 18.9 Å². The molecule has 2 aromatic heterocycles. The maximum absolute atomic E-state index is 11.8. The van der Waals surface area contributed by atoms with Gasteiger partial charge in [0.25, 0.3) is 11.1 Å². The molecule has 0 bridgehead atoms. The van der Waals surface area contributed by atoms with Gasteiger partial charge in [0.15, 0.2) is 0 Å². The van der Waals surface area contributed by atoms with Gasteiger partial charge >= 0.3 is 0 Å². The van der Waals surface area contributed by atoms with Crippen molar-refractivity contribution in [2.24, 2.45) is 0 Å². The van der Waals surface area contributed by atoms with Crippen LogP contribution < -0.4 is 5.32 Å². The van der Waals surface area contributed by atoms with Crippen LogP contribution >= 0.6 is 11.8 Å². The third kappa shape index (κ3) is 3.69. The third-order valence-electron chi connectivity index (χ3n) is 3.37. The van der Waals surface area contributed by atoms with Gasteiger partial charge in [-0.15, -0.1) is 10.2 Å². The Balaban J connectivity index is 1.46. The fraction of sp³-hybridized carbons (Fsp3) is 0.500. The van der Waals surface area contributed by atoms with Crippen LogP contribution in [0.1, 0.15) is 18.6 Å². The molecule has 0 aromatic carbocycles. The summed E-state index contributed by atoms with van der Waals surface area (Å²) < 4.78 is 16.2. The fourth-order valence-corrected chi connectivity index (χ4v) is 2.79. The zero-order valence-electron chi connectivity index (χ0n) is 12.2. The number of amides is 1. The quantitative estimate of drug-likeness (QED) is 0.813. The van der Waals surface area contributed by atoms with Gasteiger partial charge in [0.2, 0.25) is 5.91 Å². The van der Waals surface area contributed by atoms with Crippen LogP contribution in [-0.4, -0.2) is 41.1 Å². The molecule has 1 fully saturated rings. The highest BCUT2D eigenvalue weighted by atomic mass is 32.2. The van der Waals surface area contributed by atoms with Crippen LogP contribution in [0.2, 0.25) is 0 Å². The Morgan fingerprint density at radius 2 is 2.41 bits per heavy atom. The lowest BCUT2D eigenvalue weighted by Gasteiger charge is -2.09. The molecule has 3 heterocycles. The molecule has 1 aliphatic rings.